The summed E-state index contributed by atoms with van der Waals surface area (Å²) in [6, 6.07) is 4.00. The fraction of sp³-hybridized carbons (Fsp3) is 0.500. The molecular formula is C14H21N5O2. The number of pyridine rings is 1. The minimum absolute atomic E-state index is 0.363. The van der Waals surface area contributed by atoms with Crippen molar-refractivity contribution in [2.75, 3.05) is 26.0 Å². The molecule has 0 saturated heterocycles. The zero-order valence-corrected chi connectivity index (χ0v) is 12.7. The summed E-state index contributed by atoms with van der Waals surface area (Å²) in [5, 5.41) is 6.98. The van der Waals surface area contributed by atoms with Crippen molar-refractivity contribution in [3.63, 3.8) is 0 Å². The first-order chi connectivity index (χ1) is 10.3. The third-order valence-corrected chi connectivity index (χ3v) is 3.11. The SMILES string of the molecule is CCN(Cc1nc(COC)no1)Cc1cccnc1NC. The summed E-state index contributed by atoms with van der Waals surface area (Å²) in [4.78, 5) is 10.8. The fourth-order valence-electron chi connectivity index (χ4n) is 2.05. The van der Waals surface area contributed by atoms with Crippen molar-refractivity contribution in [1.82, 2.24) is 20.0 Å². The van der Waals surface area contributed by atoms with Crippen molar-refractivity contribution in [3.05, 3.63) is 35.6 Å². The Bertz CT molecular complexity index is 558. The van der Waals surface area contributed by atoms with E-state index in [1.165, 1.54) is 0 Å². The Morgan fingerprint density at radius 2 is 2.24 bits per heavy atom. The van der Waals surface area contributed by atoms with Crippen LogP contribution in [0, 0.1) is 0 Å². The third kappa shape index (κ3) is 4.24. The molecule has 0 atom stereocenters. The van der Waals surface area contributed by atoms with Gasteiger partial charge in [-0.3, -0.25) is 4.90 Å². The van der Waals surface area contributed by atoms with Gasteiger partial charge in [-0.2, -0.15) is 4.98 Å². The molecule has 2 aromatic rings. The highest BCUT2D eigenvalue weighted by Crippen LogP contribution is 2.15. The number of nitrogens with zero attached hydrogens (tertiary/aromatic N) is 4. The maximum Gasteiger partial charge on any atom is 0.240 e. The lowest BCUT2D eigenvalue weighted by molar-refractivity contribution is 0.174. The molecule has 0 radical (unpaired) electrons. The van der Waals surface area contributed by atoms with Gasteiger partial charge in [0.1, 0.15) is 12.4 Å². The Kier molecular flexibility index (Phi) is 5.65. The number of rotatable bonds is 8. The molecule has 0 bridgehead atoms. The second-order valence-electron chi connectivity index (χ2n) is 4.60. The topological polar surface area (TPSA) is 76.3 Å². The molecule has 1 N–H and O–H groups in total. The summed E-state index contributed by atoms with van der Waals surface area (Å²) < 4.78 is 10.2. The van der Waals surface area contributed by atoms with Crippen molar-refractivity contribution in [3.8, 4) is 0 Å². The number of aromatic nitrogens is 3. The van der Waals surface area contributed by atoms with E-state index in [2.05, 4.69) is 38.3 Å². The second-order valence-corrected chi connectivity index (χ2v) is 4.60. The third-order valence-electron chi connectivity index (χ3n) is 3.11. The lowest BCUT2D eigenvalue weighted by Gasteiger charge is -2.19. The summed E-state index contributed by atoms with van der Waals surface area (Å²) in [6.07, 6.45) is 1.78. The van der Waals surface area contributed by atoms with Crippen LogP contribution in [0.2, 0.25) is 0 Å². The zero-order chi connectivity index (χ0) is 15.1. The van der Waals surface area contributed by atoms with Crippen molar-refractivity contribution in [2.24, 2.45) is 0 Å². The molecule has 0 spiro atoms. The Morgan fingerprint density at radius 1 is 1.38 bits per heavy atom. The van der Waals surface area contributed by atoms with E-state index in [-0.39, 0.29) is 0 Å². The van der Waals surface area contributed by atoms with E-state index in [9.17, 15) is 0 Å². The van der Waals surface area contributed by atoms with Crippen LogP contribution < -0.4 is 5.32 Å². The van der Waals surface area contributed by atoms with E-state index >= 15 is 0 Å². The van der Waals surface area contributed by atoms with E-state index in [0.717, 1.165) is 24.5 Å². The van der Waals surface area contributed by atoms with Crippen molar-refractivity contribution in [1.29, 1.82) is 0 Å². The zero-order valence-electron chi connectivity index (χ0n) is 12.7. The monoisotopic (exact) mass is 291 g/mol. The van der Waals surface area contributed by atoms with Crippen LogP contribution in [0.25, 0.3) is 0 Å². The van der Waals surface area contributed by atoms with E-state index in [1.54, 1.807) is 13.3 Å². The summed E-state index contributed by atoms with van der Waals surface area (Å²) >= 11 is 0. The van der Waals surface area contributed by atoms with Gasteiger partial charge in [0.15, 0.2) is 5.82 Å². The first-order valence-corrected chi connectivity index (χ1v) is 6.91. The van der Waals surface area contributed by atoms with Crippen molar-refractivity contribution < 1.29 is 9.26 Å². The van der Waals surface area contributed by atoms with E-state index in [0.29, 0.717) is 24.9 Å². The maximum absolute atomic E-state index is 5.23. The maximum atomic E-state index is 5.23. The normalized spacial score (nSPS) is 11.0. The van der Waals surface area contributed by atoms with Gasteiger partial charge in [-0.15, -0.1) is 0 Å². The molecule has 0 aliphatic carbocycles. The molecule has 0 fully saturated rings. The molecule has 2 heterocycles. The van der Waals surface area contributed by atoms with Gasteiger partial charge in [-0.25, -0.2) is 4.98 Å². The number of hydrogen-bond acceptors (Lipinski definition) is 7. The molecule has 21 heavy (non-hydrogen) atoms. The van der Waals surface area contributed by atoms with Gasteiger partial charge in [0, 0.05) is 32.5 Å². The van der Waals surface area contributed by atoms with Gasteiger partial charge in [0.25, 0.3) is 0 Å². The van der Waals surface area contributed by atoms with Crippen LogP contribution >= 0.6 is 0 Å². The minimum Gasteiger partial charge on any atom is -0.377 e. The van der Waals surface area contributed by atoms with E-state index < -0.39 is 0 Å². The van der Waals surface area contributed by atoms with Gasteiger partial charge < -0.3 is 14.6 Å². The van der Waals surface area contributed by atoms with Gasteiger partial charge in [-0.05, 0) is 12.6 Å². The van der Waals surface area contributed by atoms with Crippen LogP contribution in [0.4, 0.5) is 5.82 Å². The Hall–Kier alpha value is -1.99. The molecule has 2 rings (SSSR count). The number of methoxy groups -OCH3 is 1. The fourth-order valence-corrected chi connectivity index (χ4v) is 2.05. The average molecular weight is 291 g/mol. The first-order valence-electron chi connectivity index (χ1n) is 6.91. The lowest BCUT2D eigenvalue weighted by Crippen LogP contribution is -2.23. The van der Waals surface area contributed by atoms with E-state index in [4.69, 9.17) is 9.26 Å². The first kappa shape index (κ1) is 15.4. The molecule has 0 saturated carbocycles. The highest BCUT2D eigenvalue weighted by molar-refractivity contribution is 5.42. The molecule has 0 aliphatic rings. The summed E-state index contributed by atoms with van der Waals surface area (Å²) in [5.74, 6) is 2.06. The molecule has 7 heteroatoms. The van der Waals surface area contributed by atoms with Crippen LogP contribution in [-0.2, 0) is 24.4 Å². The second kappa shape index (κ2) is 7.70. The molecule has 0 aliphatic heterocycles. The van der Waals surface area contributed by atoms with Crippen molar-refractivity contribution in [2.45, 2.75) is 26.6 Å². The highest BCUT2D eigenvalue weighted by Gasteiger charge is 2.13. The van der Waals surface area contributed by atoms with Crippen LogP contribution in [0.15, 0.2) is 22.9 Å². The predicted molar refractivity (Wildman–Crippen MR) is 78.6 cm³/mol. The lowest BCUT2D eigenvalue weighted by atomic mass is 10.2. The molecule has 2 aromatic heterocycles. The molecule has 0 amide bonds. The average Bonchev–Trinajstić information content (AvgIpc) is 2.94. The smallest absolute Gasteiger partial charge is 0.240 e. The predicted octanol–water partition coefficient (Wildman–Crippen LogP) is 1.67. The van der Waals surface area contributed by atoms with Crippen LogP contribution in [-0.4, -0.2) is 40.7 Å². The number of nitrogens with one attached hydrogen (secondary N) is 1. The van der Waals surface area contributed by atoms with Gasteiger partial charge >= 0.3 is 0 Å². The molecule has 0 aromatic carbocycles. The number of anilines is 1. The standard InChI is InChI=1S/C14H21N5O2/c1-4-19(8-11-6-5-7-16-14(11)15-2)9-13-17-12(10-20-3)18-21-13/h5-7H,4,8-10H2,1-3H3,(H,15,16). The molecule has 114 valence electrons. The summed E-state index contributed by atoms with van der Waals surface area (Å²) in [6.45, 7) is 4.71. The molecule has 0 unspecified atom stereocenters. The quantitative estimate of drug-likeness (QED) is 0.792. The molecular weight excluding hydrogens is 270 g/mol. The van der Waals surface area contributed by atoms with Crippen molar-refractivity contribution >= 4 is 5.82 Å². The van der Waals surface area contributed by atoms with E-state index in [1.807, 2.05) is 13.1 Å². The van der Waals surface area contributed by atoms with Gasteiger partial charge in [-0.1, -0.05) is 18.1 Å². The minimum atomic E-state index is 0.363. The Balaban J connectivity index is 2.02. The van der Waals surface area contributed by atoms with Crippen LogP contribution in [0.3, 0.4) is 0 Å². The number of hydrogen-bond donors (Lipinski definition) is 1. The van der Waals surface area contributed by atoms with Gasteiger partial charge in [0.05, 0.1) is 6.54 Å². The highest BCUT2D eigenvalue weighted by atomic mass is 16.5. The largest absolute Gasteiger partial charge is 0.377 e. The van der Waals surface area contributed by atoms with Crippen LogP contribution in [0.5, 0.6) is 0 Å². The number of ether oxygens (including phenoxy) is 1. The Labute approximate surface area is 124 Å². The molecule has 7 nitrogen and oxygen atoms in total. The Morgan fingerprint density at radius 3 is 2.95 bits per heavy atom. The van der Waals surface area contributed by atoms with Crippen LogP contribution in [0.1, 0.15) is 24.2 Å². The summed E-state index contributed by atoms with van der Waals surface area (Å²) in [5.41, 5.74) is 1.14. The van der Waals surface area contributed by atoms with Gasteiger partial charge in [0.2, 0.25) is 5.89 Å². The summed E-state index contributed by atoms with van der Waals surface area (Å²) in [7, 11) is 3.48.